The molecule has 0 atom stereocenters. The van der Waals surface area contributed by atoms with Gasteiger partial charge in [0.05, 0.1) is 11.9 Å². The first-order chi connectivity index (χ1) is 7.27. The van der Waals surface area contributed by atoms with Crippen LogP contribution in [0.15, 0.2) is 0 Å². The van der Waals surface area contributed by atoms with Gasteiger partial charge in [0.1, 0.15) is 0 Å². The van der Waals surface area contributed by atoms with Crippen LogP contribution < -0.4 is 0 Å². The summed E-state index contributed by atoms with van der Waals surface area (Å²) in [5.74, 6) is 0. The standard InChI is InChI=1S/C10H19N3O2S/c1-6-13-9(3)10(8(2)11-13)7-12(4)16(5,14)15/h6-7H2,1-5H3. The molecule has 0 aliphatic carbocycles. The summed E-state index contributed by atoms with van der Waals surface area (Å²) in [5.41, 5.74) is 2.93. The van der Waals surface area contributed by atoms with Crippen molar-refractivity contribution in [1.82, 2.24) is 14.1 Å². The Morgan fingerprint density at radius 2 is 1.94 bits per heavy atom. The molecule has 6 heteroatoms. The molecule has 1 aromatic rings. The van der Waals surface area contributed by atoms with Gasteiger partial charge in [0.25, 0.3) is 0 Å². The number of rotatable bonds is 4. The fraction of sp³-hybridized carbons (Fsp3) is 0.700. The summed E-state index contributed by atoms with van der Waals surface area (Å²) < 4.78 is 25.9. The van der Waals surface area contributed by atoms with Gasteiger partial charge < -0.3 is 0 Å². The van der Waals surface area contributed by atoms with E-state index in [1.165, 1.54) is 10.6 Å². The first-order valence-electron chi connectivity index (χ1n) is 5.21. The quantitative estimate of drug-likeness (QED) is 0.792. The minimum absolute atomic E-state index is 0.385. The molecule has 0 saturated carbocycles. The van der Waals surface area contributed by atoms with Gasteiger partial charge in [-0.25, -0.2) is 12.7 Å². The second-order valence-electron chi connectivity index (χ2n) is 3.98. The van der Waals surface area contributed by atoms with Crippen molar-refractivity contribution in [1.29, 1.82) is 0 Å². The Labute approximate surface area is 97.1 Å². The van der Waals surface area contributed by atoms with Crippen LogP contribution >= 0.6 is 0 Å². The zero-order valence-corrected chi connectivity index (χ0v) is 11.3. The Hall–Kier alpha value is -0.880. The number of aromatic nitrogens is 2. The van der Waals surface area contributed by atoms with Crippen molar-refractivity contribution in [3.63, 3.8) is 0 Å². The lowest BCUT2D eigenvalue weighted by Crippen LogP contribution is -2.25. The van der Waals surface area contributed by atoms with Crippen molar-refractivity contribution in [2.45, 2.75) is 33.9 Å². The van der Waals surface area contributed by atoms with Crippen LogP contribution in [0.2, 0.25) is 0 Å². The van der Waals surface area contributed by atoms with Crippen molar-refractivity contribution in [3.05, 3.63) is 17.0 Å². The highest BCUT2D eigenvalue weighted by Crippen LogP contribution is 2.15. The van der Waals surface area contributed by atoms with Gasteiger partial charge in [-0.1, -0.05) is 0 Å². The molecule has 0 spiro atoms. The normalized spacial score (nSPS) is 12.4. The van der Waals surface area contributed by atoms with Crippen molar-refractivity contribution < 1.29 is 8.42 Å². The van der Waals surface area contributed by atoms with Crippen LogP contribution in [0, 0.1) is 13.8 Å². The SMILES string of the molecule is CCn1nc(C)c(CN(C)S(C)(=O)=O)c1C. The number of sulfonamides is 1. The lowest BCUT2D eigenvalue weighted by Gasteiger charge is -2.14. The van der Waals surface area contributed by atoms with Gasteiger partial charge in [0.2, 0.25) is 10.0 Å². The van der Waals surface area contributed by atoms with E-state index < -0.39 is 10.0 Å². The molecule has 0 aliphatic heterocycles. The van der Waals surface area contributed by atoms with Crippen molar-refractivity contribution >= 4 is 10.0 Å². The van der Waals surface area contributed by atoms with Crippen molar-refractivity contribution in [2.75, 3.05) is 13.3 Å². The van der Waals surface area contributed by atoms with Gasteiger partial charge in [0.15, 0.2) is 0 Å². The molecule has 0 bridgehead atoms. The van der Waals surface area contributed by atoms with Crippen LogP contribution in [-0.4, -0.2) is 35.8 Å². The molecule has 0 saturated heterocycles. The van der Waals surface area contributed by atoms with Crippen molar-refractivity contribution in [2.24, 2.45) is 0 Å². The lowest BCUT2D eigenvalue weighted by molar-refractivity contribution is 0.470. The minimum atomic E-state index is -3.14. The van der Waals surface area contributed by atoms with Gasteiger partial charge in [-0.05, 0) is 20.8 Å². The highest BCUT2D eigenvalue weighted by molar-refractivity contribution is 7.88. The van der Waals surface area contributed by atoms with Gasteiger partial charge in [-0.3, -0.25) is 4.68 Å². The zero-order chi connectivity index (χ0) is 12.5. The summed E-state index contributed by atoms with van der Waals surface area (Å²) in [7, 11) is -1.55. The van der Waals surface area contributed by atoms with E-state index in [4.69, 9.17) is 0 Å². The number of aryl methyl sites for hydroxylation is 2. The van der Waals surface area contributed by atoms with Crippen LogP contribution in [0.25, 0.3) is 0 Å². The fourth-order valence-electron chi connectivity index (χ4n) is 1.61. The Bertz CT molecular complexity index is 476. The summed E-state index contributed by atoms with van der Waals surface area (Å²) in [6, 6.07) is 0. The Morgan fingerprint density at radius 1 is 1.38 bits per heavy atom. The van der Waals surface area contributed by atoms with Gasteiger partial charge in [-0.15, -0.1) is 0 Å². The maximum absolute atomic E-state index is 11.3. The summed E-state index contributed by atoms with van der Waals surface area (Å²) >= 11 is 0. The number of nitrogens with zero attached hydrogens (tertiary/aromatic N) is 3. The summed E-state index contributed by atoms with van der Waals surface area (Å²) in [6.45, 7) is 7.08. The Morgan fingerprint density at radius 3 is 2.31 bits per heavy atom. The largest absolute Gasteiger partial charge is 0.270 e. The van der Waals surface area contributed by atoms with E-state index in [2.05, 4.69) is 5.10 Å². The first kappa shape index (κ1) is 13.2. The molecular weight excluding hydrogens is 226 g/mol. The third kappa shape index (κ3) is 2.62. The first-order valence-corrected chi connectivity index (χ1v) is 7.06. The minimum Gasteiger partial charge on any atom is -0.270 e. The molecule has 0 amide bonds. The average molecular weight is 245 g/mol. The molecule has 0 aromatic carbocycles. The maximum atomic E-state index is 11.3. The molecule has 0 radical (unpaired) electrons. The van der Waals surface area contributed by atoms with Crippen LogP contribution in [0.4, 0.5) is 0 Å². The molecule has 16 heavy (non-hydrogen) atoms. The molecule has 1 aromatic heterocycles. The van der Waals surface area contributed by atoms with Gasteiger partial charge in [-0.2, -0.15) is 5.10 Å². The smallest absolute Gasteiger partial charge is 0.211 e. The van der Waals surface area contributed by atoms with Gasteiger partial charge >= 0.3 is 0 Å². The van der Waals surface area contributed by atoms with Gasteiger partial charge in [0, 0.05) is 31.4 Å². The van der Waals surface area contributed by atoms with Crippen LogP contribution in [0.5, 0.6) is 0 Å². The Kier molecular flexibility index (Phi) is 3.75. The second kappa shape index (κ2) is 4.55. The third-order valence-corrected chi connectivity index (χ3v) is 4.04. The molecule has 0 fully saturated rings. The lowest BCUT2D eigenvalue weighted by atomic mass is 10.2. The van der Waals surface area contributed by atoms with E-state index in [9.17, 15) is 8.42 Å². The molecule has 0 aliphatic rings. The molecule has 1 rings (SSSR count). The monoisotopic (exact) mass is 245 g/mol. The third-order valence-electron chi connectivity index (χ3n) is 2.78. The highest BCUT2D eigenvalue weighted by Gasteiger charge is 2.17. The fourth-order valence-corrected chi connectivity index (χ4v) is 1.97. The van der Waals surface area contributed by atoms with E-state index in [1.807, 2.05) is 25.5 Å². The number of hydrogen-bond donors (Lipinski definition) is 0. The average Bonchev–Trinajstić information content (AvgIpc) is 2.43. The molecule has 5 nitrogen and oxygen atoms in total. The van der Waals surface area contributed by atoms with E-state index in [-0.39, 0.29) is 0 Å². The van der Waals surface area contributed by atoms with E-state index >= 15 is 0 Å². The summed E-state index contributed by atoms with van der Waals surface area (Å²) in [5, 5.41) is 4.36. The molecule has 92 valence electrons. The van der Waals surface area contributed by atoms with Crippen LogP contribution in [0.3, 0.4) is 0 Å². The number of hydrogen-bond acceptors (Lipinski definition) is 3. The van der Waals surface area contributed by atoms with Crippen LogP contribution in [0.1, 0.15) is 23.9 Å². The second-order valence-corrected chi connectivity index (χ2v) is 6.07. The topological polar surface area (TPSA) is 55.2 Å². The Balaban J connectivity index is 3.02. The van der Waals surface area contributed by atoms with E-state index in [0.29, 0.717) is 6.54 Å². The van der Waals surface area contributed by atoms with Crippen molar-refractivity contribution in [3.8, 4) is 0 Å². The van der Waals surface area contributed by atoms with E-state index in [1.54, 1.807) is 7.05 Å². The molecule has 0 unspecified atom stereocenters. The molecular formula is C10H19N3O2S. The predicted octanol–water partition coefficient (Wildman–Crippen LogP) is 0.911. The molecule has 1 heterocycles. The zero-order valence-electron chi connectivity index (χ0n) is 10.5. The van der Waals surface area contributed by atoms with Crippen LogP contribution in [-0.2, 0) is 23.1 Å². The predicted molar refractivity (Wildman–Crippen MR) is 63.7 cm³/mol. The summed E-state index contributed by atoms with van der Waals surface area (Å²) in [6.07, 6.45) is 1.21. The van der Waals surface area contributed by atoms with E-state index in [0.717, 1.165) is 23.5 Å². The highest BCUT2D eigenvalue weighted by atomic mass is 32.2. The summed E-state index contributed by atoms with van der Waals surface area (Å²) in [4.78, 5) is 0. The maximum Gasteiger partial charge on any atom is 0.211 e. The molecule has 0 N–H and O–H groups in total.